The Bertz CT molecular complexity index is 1180. The molecule has 0 aliphatic rings. The second-order valence-electron chi connectivity index (χ2n) is 19.0. The first-order valence-electron chi connectivity index (χ1n) is 26.3. The van der Waals surface area contributed by atoms with Crippen LogP contribution in [0.3, 0.4) is 0 Å². The number of esters is 1. The summed E-state index contributed by atoms with van der Waals surface area (Å²) in [6.07, 6.45) is 49.6. The maximum Gasteiger partial charge on any atom is 0.306 e. The maximum absolute atomic E-state index is 13.4. The number of hydrogen-bond acceptors (Lipinski definition) is 7. The molecule has 0 fully saturated rings. The summed E-state index contributed by atoms with van der Waals surface area (Å²) in [5.74, 6) is -0.556. The van der Waals surface area contributed by atoms with Gasteiger partial charge in [0.2, 0.25) is 5.91 Å². The van der Waals surface area contributed by atoms with E-state index >= 15 is 0 Å². The molecule has 0 aromatic rings. The second-order valence-corrected chi connectivity index (χ2v) is 20.4. The monoisotopic (exact) mass is 909 g/mol. The molecule has 0 aromatic heterocycles. The van der Waals surface area contributed by atoms with Crippen molar-refractivity contribution in [2.24, 2.45) is 0 Å². The molecule has 63 heavy (non-hydrogen) atoms. The lowest BCUT2D eigenvalue weighted by molar-refractivity contribution is -0.870. The minimum atomic E-state index is -4.68. The number of amides is 1. The third-order valence-electron chi connectivity index (χ3n) is 11.5. The lowest BCUT2D eigenvalue weighted by Crippen LogP contribution is -2.47. The zero-order chi connectivity index (χ0) is 46.5. The van der Waals surface area contributed by atoms with Crippen LogP contribution in [0.5, 0.6) is 0 Å². The predicted molar refractivity (Wildman–Crippen MR) is 266 cm³/mol. The maximum atomic E-state index is 13.4. The average molecular weight is 909 g/mol. The molecule has 10 heteroatoms. The number of quaternary nitrogens is 1. The van der Waals surface area contributed by atoms with Crippen LogP contribution in [0.2, 0.25) is 0 Å². The molecule has 0 bridgehead atoms. The van der Waals surface area contributed by atoms with Gasteiger partial charge in [0.05, 0.1) is 33.8 Å². The fourth-order valence-corrected chi connectivity index (χ4v) is 8.10. The summed E-state index contributed by atoms with van der Waals surface area (Å²) < 4.78 is 30.1. The SMILES string of the molecule is CCCC/C=C\CCCCCCCC(=O)NC(COP(=O)([O-])OCC[N+](C)(C)C)C(/C=C/CCCCCCCCCCC)OC(=O)CCCCCCCCC/C=C\CCCCCC. The summed E-state index contributed by atoms with van der Waals surface area (Å²) in [5, 5.41) is 3.00. The highest BCUT2D eigenvalue weighted by molar-refractivity contribution is 7.45. The number of ether oxygens (including phenoxy) is 1. The van der Waals surface area contributed by atoms with Gasteiger partial charge in [-0.2, -0.15) is 0 Å². The molecular formula is C53H101N2O7P. The van der Waals surface area contributed by atoms with E-state index < -0.39 is 26.6 Å². The number of nitrogens with one attached hydrogen (secondary N) is 1. The summed E-state index contributed by atoms with van der Waals surface area (Å²) in [7, 11) is 1.18. The molecule has 3 unspecified atom stereocenters. The minimum absolute atomic E-state index is 0.0237. The number of carbonyl (C=O) groups is 2. The van der Waals surface area contributed by atoms with E-state index in [0.717, 1.165) is 96.3 Å². The Kier molecular flexibility index (Phi) is 42.8. The van der Waals surface area contributed by atoms with Crippen molar-refractivity contribution in [3.05, 3.63) is 36.5 Å². The molecule has 0 radical (unpaired) electrons. The predicted octanol–water partition coefficient (Wildman–Crippen LogP) is 14.6. The fourth-order valence-electron chi connectivity index (χ4n) is 7.38. The molecule has 1 amide bonds. The van der Waals surface area contributed by atoms with Gasteiger partial charge in [-0.05, 0) is 76.7 Å². The Balaban J connectivity index is 5.40. The smallest absolute Gasteiger partial charge is 0.306 e. The molecule has 0 saturated carbocycles. The van der Waals surface area contributed by atoms with Crippen LogP contribution >= 0.6 is 7.82 Å². The number of nitrogens with zero attached hydrogens (tertiary/aromatic N) is 1. The second kappa shape index (κ2) is 44.1. The third kappa shape index (κ3) is 45.2. The standard InChI is InChI=1S/C53H101N2O7P/c1-7-10-13-16-19-22-25-26-27-28-31-34-37-40-43-46-53(57)62-51(44-41-38-35-32-29-23-20-17-14-11-8-2)50(49-61-63(58,59)60-48-47-55(4,5)6)54-52(56)45-42-39-36-33-30-24-21-18-15-12-9-3/h18,21-22,25,41,44,50-51H,7-17,19-20,23-24,26-40,42-43,45-49H2,1-6H3,(H-,54,56,58,59)/b21-18-,25-22-,44-41+. The van der Waals surface area contributed by atoms with Crippen molar-refractivity contribution in [2.45, 2.75) is 251 Å². The Morgan fingerprint density at radius 2 is 0.937 bits per heavy atom. The Hall–Kier alpha value is -1.77. The molecule has 0 aliphatic carbocycles. The normalized spacial score (nSPS) is 14.2. The van der Waals surface area contributed by atoms with Crippen LogP contribution in [0.25, 0.3) is 0 Å². The molecule has 370 valence electrons. The van der Waals surface area contributed by atoms with Crippen LogP contribution in [0.4, 0.5) is 0 Å². The number of likely N-dealkylation sites (N-methyl/N-ethyl adjacent to an activating group) is 1. The number of allylic oxidation sites excluding steroid dienone is 5. The van der Waals surface area contributed by atoms with Crippen LogP contribution in [0, 0.1) is 0 Å². The van der Waals surface area contributed by atoms with E-state index in [1.807, 2.05) is 33.3 Å². The van der Waals surface area contributed by atoms with Crippen LogP contribution in [0.15, 0.2) is 36.5 Å². The van der Waals surface area contributed by atoms with Crippen molar-refractivity contribution in [3.63, 3.8) is 0 Å². The molecule has 0 saturated heterocycles. The first-order chi connectivity index (χ1) is 30.4. The van der Waals surface area contributed by atoms with Gasteiger partial charge in [-0.1, -0.05) is 186 Å². The van der Waals surface area contributed by atoms with Crippen LogP contribution in [0.1, 0.15) is 239 Å². The number of phosphoric ester groups is 1. The summed E-state index contributed by atoms with van der Waals surface area (Å²) in [5.41, 5.74) is 0. The molecule has 0 rings (SSSR count). The van der Waals surface area contributed by atoms with E-state index in [0.29, 0.717) is 17.4 Å². The van der Waals surface area contributed by atoms with Gasteiger partial charge in [-0.25, -0.2) is 0 Å². The topological polar surface area (TPSA) is 114 Å². The highest BCUT2D eigenvalue weighted by Crippen LogP contribution is 2.38. The van der Waals surface area contributed by atoms with Gasteiger partial charge in [0, 0.05) is 12.8 Å². The molecule has 1 N–H and O–H groups in total. The first kappa shape index (κ1) is 61.2. The highest BCUT2D eigenvalue weighted by Gasteiger charge is 2.27. The molecule has 0 aliphatic heterocycles. The van der Waals surface area contributed by atoms with Gasteiger partial charge in [-0.3, -0.25) is 14.2 Å². The summed E-state index contributed by atoms with van der Waals surface area (Å²) in [4.78, 5) is 39.6. The lowest BCUT2D eigenvalue weighted by atomic mass is 10.1. The van der Waals surface area contributed by atoms with Gasteiger partial charge in [0.1, 0.15) is 19.3 Å². The number of unbranched alkanes of at least 4 members (excludes halogenated alkanes) is 27. The van der Waals surface area contributed by atoms with Crippen LogP contribution < -0.4 is 10.2 Å². The van der Waals surface area contributed by atoms with E-state index in [-0.39, 0.29) is 24.9 Å². The summed E-state index contributed by atoms with van der Waals surface area (Å²) in [6, 6.07) is -0.888. The first-order valence-corrected chi connectivity index (χ1v) is 27.8. The molecule has 3 atom stereocenters. The van der Waals surface area contributed by atoms with E-state index in [1.165, 1.54) is 109 Å². The average Bonchev–Trinajstić information content (AvgIpc) is 3.23. The molecule has 0 heterocycles. The molecule has 0 spiro atoms. The Morgan fingerprint density at radius 3 is 1.41 bits per heavy atom. The van der Waals surface area contributed by atoms with Crippen molar-refractivity contribution < 1.29 is 37.3 Å². The van der Waals surface area contributed by atoms with E-state index in [4.69, 9.17) is 13.8 Å². The van der Waals surface area contributed by atoms with Gasteiger partial charge in [0.15, 0.2) is 0 Å². The van der Waals surface area contributed by atoms with Crippen molar-refractivity contribution in [2.75, 3.05) is 40.9 Å². The number of hydrogen-bond donors (Lipinski definition) is 1. The van der Waals surface area contributed by atoms with E-state index in [1.54, 1.807) is 0 Å². The van der Waals surface area contributed by atoms with Crippen LogP contribution in [-0.2, 0) is 27.9 Å². The minimum Gasteiger partial charge on any atom is -0.756 e. The summed E-state index contributed by atoms with van der Waals surface area (Å²) in [6.45, 7) is 6.76. The summed E-state index contributed by atoms with van der Waals surface area (Å²) >= 11 is 0. The third-order valence-corrected chi connectivity index (χ3v) is 12.5. The fraction of sp³-hybridized carbons (Fsp3) is 0.849. The van der Waals surface area contributed by atoms with Gasteiger partial charge >= 0.3 is 5.97 Å². The lowest BCUT2D eigenvalue weighted by Gasteiger charge is -2.30. The van der Waals surface area contributed by atoms with E-state index in [2.05, 4.69) is 50.4 Å². The number of phosphoric acid groups is 1. The van der Waals surface area contributed by atoms with Crippen molar-refractivity contribution in [1.82, 2.24) is 5.32 Å². The number of carbonyl (C=O) groups excluding carboxylic acids is 2. The molecular weight excluding hydrogens is 808 g/mol. The Morgan fingerprint density at radius 1 is 0.540 bits per heavy atom. The zero-order valence-corrected chi connectivity index (χ0v) is 42.9. The van der Waals surface area contributed by atoms with E-state index in [9.17, 15) is 19.0 Å². The largest absolute Gasteiger partial charge is 0.756 e. The zero-order valence-electron chi connectivity index (χ0n) is 42.0. The highest BCUT2D eigenvalue weighted by atomic mass is 31.2. The molecule has 9 nitrogen and oxygen atoms in total. The van der Waals surface area contributed by atoms with Gasteiger partial charge in [0.25, 0.3) is 7.82 Å². The number of rotatable bonds is 47. The Labute approximate surface area is 389 Å². The van der Waals surface area contributed by atoms with Crippen molar-refractivity contribution in [1.29, 1.82) is 0 Å². The van der Waals surface area contributed by atoms with Gasteiger partial charge < -0.3 is 28.5 Å². The van der Waals surface area contributed by atoms with Gasteiger partial charge in [-0.15, -0.1) is 0 Å². The van der Waals surface area contributed by atoms with Crippen molar-refractivity contribution in [3.8, 4) is 0 Å². The quantitative estimate of drug-likeness (QED) is 0.0213. The molecule has 0 aromatic carbocycles. The van der Waals surface area contributed by atoms with Crippen LogP contribution in [-0.4, -0.2) is 69.4 Å². The van der Waals surface area contributed by atoms with Crippen molar-refractivity contribution >= 4 is 19.7 Å².